The van der Waals surface area contributed by atoms with E-state index >= 15 is 0 Å². The first-order valence-corrected chi connectivity index (χ1v) is 11.7. The highest BCUT2D eigenvalue weighted by atomic mass is 19.2. The van der Waals surface area contributed by atoms with Crippen LogP contribution in [0.25, 0.3) is 10.9 Å². The van der Waals surface area contributed by atoms with Gasteiger partial charge in [0.25, 0.3) is 0 Å². The van der Waals surface area contributed by atoms with E-state index in [1.54, 1.807) is 18.3 Å². The highest BCUT2D eigenvalue weighted by Crippen LogP contribution is 2.26. The minimum atomic E-state index is -1.37. The lowest BCUT2D eigenvalue weighted by Gasteiger charge is -2.29. The van der Waals surface area contributed by atoms with Gasteiger partial charge in [-0.25, -0.2) is 22.4 Å². The molecule has 1 aliphatic rings. The molecule has 5 rings (SSSR count). The summed E-state index contributed by atoms with van der Waals surface area (Å²) in [6.07, 6.45) is 1.75. The maximum absolute atomic E-state index is 14.7. The van der Waals surface area contributed by atoms with Gasteiger partial charge in [0, 0.05) is 60.6 Å². The van der Waals surface area contributed by atoms with Gasteiger partial charge in [-0.05, 0) is 42.5 Å². The van der Waals surface area contributed by atoms with E-state index in [9.17, 15) is 27.2 Å². The van der Waals surface area contributed by atoms with Crippen LogP contribution >= 0.6 is 0 Å². The number of urea groups is 1. The molecule has 4 aromatic rings. The van der Waals surface area contributed by atoms with Gasteiger partial charge in [-0.3, -0.25) is 9.78 Å². The number of nitrogens with one attached hydrogen (secondary N) is 3. The molecule has 1 saturated heterocycles. The molecule has 0 saturated carbocycles. The molecule has 7 nitrogen and oxygen atoms in total. The summed E-state index contributed by atoms with van der Waals surface area (Å²) in [5, 5.41) is 8.45. The first-order chi connectivity index (χ1) is 18.3. The van der Waals surface area contributed by atoms with Crippen molar-refractivity contribution in [2.75, 3.05) is 41.7 Å². The predicted octanol–water partition coefficient (Wildman–Crippen LogP) is 5.08. The van der Waals surface area contributed by atoms with E-state index in [-0.39, 0.29) is 16.9 Å². The quantitative estimate of drug-likeness (QED) is 0.251. The highest BCUT2D eigenvalue weighted by Gasteiger charge is 2.21. The number of ketones is 1. The number of hydrogen-bond acceptors (Lipinski definition) is 5. The van der Waals surface area contributed by atoms with Gasteiger partial charge >= 0.3 is 6.03 Å². The summed E-state index contributed by atoms with van der Waals surface area (Å²) in [6, 6.07) is 10.0. The summed E-state index contributed by atoms with van der Waals surface area (Å²) in [5.41, 5.74) is 0.772. The number of carbonyl (C=O) groups excluding carboxylic acids is 2. The van der Waals surface area contributed by atoms with Crippen LogP contribution in [0, 0.1) is 23.3 Å². The Balaban J connectivity index is 1.39. The second-order valence-corrected chi connectivity index (χ2v) is 8.69. The third kappa shape index (κ3) is 5.28. The van der Waals surface area contributed by atoms with Crippen molar-refractivity contribution in [1.29, 1.82) is 0 Å². The number of nitrogens with zero attached hydrogens (tertiary/aromatic N) is 2. The molecule has 0 radical (unpaired) electrons. The van der Waals surface area contributed by atoms with Crippen molar-refractivity contribution in [3.63, 3.8) is 0 Å². The first-order valence-electron chi connectivity index (χ1n) is 11.7. The van der Waals surface area contributed by atoms with Crippen LogP contribution in [0.1, 0.15) is 15.9 Å². The van der Waals surface area contributed by atoms with Crippen LogP contribution in [0.3, 0.4) is 0 Å². The molecular formula is C27H21F4N5O2. The molecule has 0 aliphatic carbocycles. The van der Waals surface area contributed by atoms with Crippen molar-refractivity contribution in [2.45, 2.75) is 0 Å². The van der Waals surface area contributed by atoms with Crippen LogP contribution < -0.4 is 20.9 Å². The van der Waals surface area contributed by atoms with Crippen molar-refractivity contribution < 1.29 is 27.2 Å². The van der Waals surface area contributed by atoms with Crippen LogP contribution in [-0.4, -0.2) is 43.0 Å². The lowest BCUT2D eigenvalue weighted by Crippen LogP contribution is -2.43. The van der Waals surface area contributed by atoms with Gasteiger partial charge in [0.15, 0.2) is 29.1 Å². The third-order valence-corrected chi connectivity index (χ3v) is 6.12. The maximum atomic E-state index is 14.7. The molecule has 3 N–H and O–H groups in total. The lowest BCUT2D eigenvalue weighted by molar-refractivity contribution is 0.103. The van der Waals surface area contributed by atoms with E-state index in [0.29, 0.717) is 17.0 Å². The number of amides is 2. The lowest BCUT2D eigenvalue weighted by atomic mass is 10.00. The summed E-state index contributed by atoms with van der Waals surface area (Å²) in [7, 11) is 0. The molecule has 0 atom stereocenters. The Hall–Kier alpha value is -4.51. The first kappa shape index (κ1) is 25.2. The Labute approximate surface area is 214 Å². The fraction of sp³-hybridized carbons (Fsp3) is 0.148. The van der Waals surface area contributed by atoms with Crippen molar-refractivity contribution in [2.24, 2.45) is 0 Å². The second kappa shape index (κ2) is 10.5. The SMILES string of the molecule is O=C(Nc1ccc(F)c(F)c1)Nc1cc(F)c(F)c(C(=O)c2ccc3ncc(N4CCNCC4)cc3c2)c1. The molecule has 3 aromatic carbocycles. The molecule has 38 heavy (non-hydrogen) atoms. The Bertz CT molecular complexity index is 1560. The zero-order valence-electron chi connectivity index (χ0n) is 19.8. The smallest absolute Gasteiger partial charge is 0.323 e. The van der Waals surface area contributed by atoms with Crippen LogP contribution in [-0.2, 0) is 0 Å². The topological polar surface area (TPSA) is 86.4 Å². The molecular weight excluding hydrogens is 502 g/mol. The van der Waals surface area contributed by atoms with Crippen molar-refractivity contribution in [3.8, 4) is 0 Å². The minimum absolute atomic E-state index is 0.0646. The second-order valence-electron chi connectivity index (χ2n) is 8.69. The van der Waals surface area contributed by atoms with Crippen molar-refractivity contribution in [1.82, 2.24) is 10.3 Å². The predicted molar refractivity (Wildman–Crippen MR) is 136 cm³/mol. The van der Waals surface area contributed by atoms with Gasteiger partial charge in [0.05, 0.1) is 23.0 Å². The van der Waals surface area contributed by atoms with Gasteiger partial charge < -0.3 is 20.9 Å². The Morgan fingerprint density at radius 3 is 2.32 bits per heavy atom. The number of hydrogen-bond donors (Lipinski definition) is 3. The standard InChI is InChI=1S/C27H21F4N5O2/c28-21-3-2-17(12-22(21)29)34-27(38)35-18-11-20(25(31)23(30)13-18)26(37)15-1-4-24-16(9-15)10-19(14-33-24)36-7-5-32-6-8-36/h1-4,9-14,32H,5-8H2,(H2,34,35,38). The summed E-state index contributed by atoms with van der Waals surface area (Å²) in [6.45, 7) is 3.29. The fourth-order valence-corrected chi connectivity index (χ4v) is 4.21. The normalized spacial score (nSPS) is 13.4. The molecule has 11 heteroatoms. The molecule has 0 bridgehead atoms. The van der Waals surface area contributed by atoms with Crippen LogP contribution in [0.2, 0.25) is 0 Å². The number of halogens is 4. The number of benzene rings is 3. The van der Waals surface area contributed by atoms with Gasteiger partial charge in [-0.15, -0.1) is 0 Å². The fourth-order valence-electron chi connectivity index (χ4n) is 4.21. The molecule has 2 amide bonds. The van der Waals surface area contributed by atoms with Crippen LogP contribution in [0.5, 0.6) is 0 Å². The van der Waals surface area contributed by atoms with Gasteiger partial charge in [0.1, 0.15) is 0 Å². The minimum Gasteiger partial charge on any atom is -0.368 e. The maximum Gasteiger partial charge on any atom is 0.323 e. The number of pyridine rings is 1. The molecule has 0 unspecified atom stereocenters. The van der Waals surface area contributed by atoms with E-state index in [4.69, 9.17) is 0 Å². The van der Waals surface area contributed by atoms with E-state index in [0.717, 1.165) is 56.1 Å². The van der Waals surface area contributed by atoms with E-state index < -0.39 is 40.6 Å². The largest absolute Gasteiger partial charge is 0.368 e. The summed E-state index contributed by atoms with van der Waals surface area (Å²) in [4.78, 5) is 32.1. The Kier molecular flexibility index (Phi) is 6.93. The molecule has 1 aliphatic heterocycles. The molecule has 0 spiro atoms. The van der Waals surface area contributed by atoms with Crippen LogP contribution in [0.4, 0.5) is 39.4 Å². The monoisotopic (exact) mass is 523 g/mol. The highest BCUT2D eigenvalue weighted by molar-refractivity contribution is 6.11. The molecule has 2 heterocycles. The molecule has 1 fully saturated rings. The molecule has 1 aromatic heterocycles. The zero-order valence-corrected chi connectivity index (χ0v) is 19.8. The number of piperazine rings is 1. The number of anilines is 3. The van der Waals surface area contributed by atoms with Gasteiger partial charge in [-0.1, -0.05) is 0 Å². The molecule has 194 valence electrons. The van der Waals surface area contributed by atoms with Crippen LogP contribution in [0.15, 0.2) is 60.8 Å². The number of rotatable bonds is 5. The third-order valence-electron chi connectivity index (χ3n) is 6.12. The van der Waals surface area contributed by atoms with E-state index in [1.807, 2.05) is 6.07 Å². The number of aromatic nitrogens is 1. The van der Waals surface area contributed by atoms with E-state index in [2.05, 4.69) is 25.8 Å². The zero-order chi connectivity index (χ0) is 26.8. The van der Waals surface area contributed by atoms with E-state index in [1.165, 1.54) is 6.07 Å². The average molecular weight is 523 g/mol. The average Bonchev–Trinajstić information content (AvgIpc) is 2.92. The van der Waals surface area contributed by atoms with Gasteiger partial charge in [-0.2, -0.15) is 0 Å². The number of fused-ring (bicyclic) bond motifs is 1. The number of carbonyl (C=O) groups is 2. The van der Waals surface area contributed by atoms with Crippen molar-refractivity contribution in [3.05, 3.63) is 95.2 Å². The summed E-state index contributed by atoms with van der Waals surface area (Å²) in [5.74, 6) is -5.77. The Morgan fingerprint density at radius 2 is 1.55 bits per heavy atom. The van der Waals surface area contributed by atoms with Gasteiger partial charge in [0.2, 0.25) is 0 Å². The Morgan fingerprint density at radius 1 is 0.816 bits per heavy atom. The van der Waals surface area contributed by atoms with Crippen molar-refractivity contribution >= 4 is 39.8 Å². The summed E-state index contributed by atoms with van der Waals surface area (Å²) >= 11 is 0. The summed E-state index contributed by atoms with van der Waals surface area (Å²) < 4.78 is 55.6.